The number of anilines is 2. The third-order valence-corrected chi connectivity index (χ3v) is 5.57. The molecule has 0 unspecified atom stereocenters. The lowest BCUT2D eigenvalue weighted by Gasteiger charge is -2.17. The second kappa shape index (κ2) is 7.25. The maximum atomic E-state index is 12.7. The third-order valence-electron chi connectivity index (χ3n) is 4.16. The van der Waals surface area contributed by atoms with E-state index in [1.165, 1.54) is 26.4 Å². The van der Waals surface area contributed by atoms with Gasteiger partial charge in [-0.3, -0.25) is 9.52 Å². The summed E-state index contributed by atoms with van der Waals surface area (Å²) in [6.07, 6.45) is 1.38. The summed E-state index contributed by atoms with van der Waals surface area (Å²) in [5, 5.41) is 0. The van der Waals surface area contributed by atoms with Crippen LogP contribution in [-0.2, 0) is 14.8 Å². The Labute approximate surface area is 152 Å². The van der Waals surface area contributed by atoms with Crippen LogP contribution in [0.5, 0.6) is 11.5 Å². The first kappa shape index (κ1) is 18.1. The lowest BCUT2D eigenvalue weighted by atomic mass is 10.2. The summed E-state index contributed by atoms with van der Waals surface area (Å²) >= 11 is 0. The quantitative estimate of drug-likeness (QED) is 0.838. The van der Waals surface area contributed by atoms with Gasteiger partial charge in [0.15, 0.2) is 0 Å². The zero-order valence-corrected chi connectivity index (χ0v) is 15.4. The molecule has 138 valence electrons. The van der Waals surface area contributed by atoms with E-state index in [1.54, 1.807) is 35.2 Å². The van der Waals surface area contributed by atoms with Gasteiger partial charge in [0.25, 0.3) is 10.0 Å². The second-order valence-corrected chi connectivity index (χ2v) is 7.47. The van der Waals surface area contributed by atoms with E-state index in [0.29, 0.717) is 24.4 Å². The lowest BCUT2D eigenvalue weighted by Crippen LogP contribution is -2.23. The first-order valence-electron chi connectivity index (χ1n) is 8.10. The van der Waals surface area contributed by atoms with Gasteiger partial charge in [0.05, 0.1) is 14.2 Å². The summed E-state index contributed by atoms with van der Waals surface area (Å²) in [5.74, 6) is 0.714. The number of hydrogen-bond acceptors (Lipinski definition) is 5. The monoisotopic (exact) mass is 376 g/mol. The van der Waals surface area contributed by atoms with Gasteiger partial charge in [-0.15, -0.1) is 0 Å². The maximum Gasteiger partial charge on any atom is 0.265 e. The third kappa shape index (κ3) is 3.60. The van der Waals surface area contributed by atoms with Crippen LogP contribution in [0.15, 0.2) is 47.4 Å². The number of benzene rings is 2. The Hall–Kier alpha value is -2.74. The van der Waals surface area contributed by atoms with Crippen LogP contribution in [0.2, 0.25) is 0 Å². The molecular weight excluding hydrogens is 356 g/mol. The van der Waals surface area contributed by atoms with Crippen LogP contribution < -0.4 is 19.1 Å². The summed E-state index contributed by atoms with van der Waals surface area (Å²) in [6.45, 7) is 0.685. The number of amides is 1. The van der Waals surface area contributed by atoms with Crippen LogP contribution in [0.25, 0.3) is 0 Å². The number of ether oxygens (including phenoxy) is 2. The molecule has 1 aliphatic heterocycles. The predicted octanol–water partition coefficient (Wildman–Crippen LogP) is 2.63. The van der Waals surface area contributed by atoms with E-state index >= 15 is 0 Å². The molecule has 1 fully saturated rings. The highest BCUT2D eigenvalue weighted by atomic mass is 32.2. The van der Waals surface area contributed by atoms with Crippen LogP contribution >= 0.6 is 0 Å². The SMILES string of the molecule is COc1ccc(OC)c(S(=O)(=O)Nc2ccc(N3CCCC3=O)cc2)c1. The summed E-state index contributed by atoms with van der Waals surface area (Å²) < 4.78 is 38.2. The van der Waals surface area contributed by atoms with Gasteiger partial charge in [0, 0.05) is 30.4 Å². The van der Waals surface area contributed by atoms with E-state index in [2.05, 4.69) is 4.72 Å². The van der Waals surface area contributed by atoms with E-state index in [4.69, 9.17) is 9.47 Å². The molecule has 1 heterocycles. The first-order valence-corrected chi connectivity index (χ1v) is 9.58. The maximum absolute atomic E-state index is 12.7. The number of rotatable bonds is 6. The molecule has 2 aromatic rings. The molecule has 8 heteroatoms. The van der Waals surface area contributed by atoms with Crippen molar-refractivity contribution >= 4 is 27.3 Å². The molecule has 0 aromatic heterocycles. The average Bonchev–Trinajstić information content (AvgIpc) is 3.07. The second-order valence-electron chi connectivity index (χ2n) is 5.82. The highest BCUT2D eigenvalue weighted by Crippen LogP contribution is 2.30. The van der Waals surface area contributed by atoms with E-state index in [-0.39, 0.29) is 16.6 Å². The van der Waals surface area contributed by atoms with Crippen molar-refractivity contribution in [3.63, 3.8) is 0 Å². The van der Waals surface area contributed by atoms with Crippen molar-refractivity contribution < 1.29 is 22.7 Å². The van der Waals surface area contributed by atoms with Gasteiger partial charge in [-0.2, -0.15) is 0 Å². The molecule has 1 aliphatic rings. The number of sulfonamides is 1. The Balaban J connectivity index is 1.85. The Kier molecular flexibility index (Phi) is 5.03. The molecule has 0 atom stereocenters. The summed E-state index contributed by atoms with van der Waals surface area (Å²) in [4.78, 5) is 13.5. The van der Waals surface area contributed by atoms with E-state index in [1.807, 2.05) is 0 Å². The summed E-state index contributed by atoms with van der Waals surface area (Å²) in [6, 6.07) is 11.3. The van der Waals surface area contributed by atoms with E-state index < -0.39 is 10.0 Å². The Morgan fingerprint density at radius 2 is 1.77 bits per heavy atom. The number of hydrogen-bond donors (Lipinski definition) is 1. The van der Waals surface area contributed by atoms with E-state index in [9.17, 15) is 13.2 Å². The molecule has 7 nitrogen and oxygen atoms in total. The zero-order chi connectivity index (χ0) is 18.7. The van der Waals surface area contributed by atoms with Crippen molar-refractivity contribution in [2.75, 3.05) is 30.4 Å². The number of carbonyl (C=O) groups excluding carboxylic acids is 1. The molecule has 0 spiro atoms. The lowest BCUT2D eigenvalue weighted by molar-refractivity contribution is -0.117. The fraction of sp³-hybridized carbons (Fsp3) is 0.278. The number of nitrogens with one attached hydrogen (secondary N) is 1. The molecular formula is C18H20N2O5S. The van der Waals surface area contributed by atoms with Crippen LogP contribution in [0, 0.1) is 0 Å². The molecule has 3 rings (SSSR count). The summed E-state index contributed by atoms with van der Waals surface area (Å²) in [5.41, 5.74) is 1.15. The molecule has 26 heavy (non-hydrogen) atoms. The smallest absolute Gasteiger partial charge is 0.265 e. The van der Waals surface area contributed by atoms with Crippen molar-refractivity contribution in [3.05, 3.63) is 42.5 Å². The van der Waals surface area contributed by atoms with E-state index in [0.717, 1.165) is 12.1 Å². The minimum absolute atomic E-state index is 0.0156. The molecule has 0 saturated carbocycles. The average molecular weight is 376 g/mol. The summed E-state index contributed by atoms with van der Waals surface area (Å²) in [7, 11) is -0.999. The highest BCUT2D eigenvalue weighted by molar-refractivity contribution is 7.92. The highest BCUT2D eigenvalue weighted by Gasteiger charge is 2.23. The number of nitrogens with zero attached hydrogens (tertiary/aromatic N) is 1. The molecule has 0 radical (unpaired) electrons. The first-order chi connectivity index (χ1) is 12.4. The largest absolute Gasteiger partial charge is 0.497 e. The Morgan fingerprint density at radius 1 is 1.04 bits per heavy atom. The standard InChI is InChI=1S/C18H20N2O5S/c1-24-15-9-10-16(25-2)17(12-15)26(22,23)19-13-5-7-14(8-6-13)20-11-3-4-18(20)21/h5-10,12,19H,3-4,11H2,1-2H3. The molecule has 2 aromatic carbocycles. The molecule has 1 saturated heterocycles. The van der Waals surface area contributed by atoms with Crippen molar-refractivity contribution in [1.82, 2.24) is 0 Å². The molecule has 0 aliphatic carbocycles. The minimum atomic E-state index is -3.87. The Morgan fingerprint density at radius 3 is 2.35 bits per heavy atom. The number of carbonyl (C=O) groups is 1. The molecule has 1 N–H and O–H groups in total. The van der Waals surface area contributed by atoms with Crippen molar-refractivity contribution in [2.45, 2.75) is 17.7 Å². The van der Waals surface area contributed by atoms with Gasteiger partial charge in [0.1, 0.15) is 16.4 Å². The molecule has 0 bridgehead atoms. The van der Waals surface area contributed by atoms with Gasteiger partial charge >= 0.3 is 0 Å². The van der Waals surface area contributed by atoms with Gasteiger partial charge < -0.3 is 14.4 Å². The van der Waals surface area contributed by atoms with Gasteiger partial charge in [0.2, 0.25) is 5.91 Å². The van der Waals surface area contributed by atoms with Crippen molar-refractivity contribution in [2.24, 2.45) is 0 Å². The fourth-order valence-corrected chi connectivity index (χ4v) is 4.08. The van der Waals surface area contributed by atoms with Gasteiger partial charge in [-0.25, -0.2) is 8.42 Å². The topological polar surface area (TPSA) is 84.9 Å². The van der Waals surface area contributed by atoms with Gasteiger partial charge in [-0.05, 0) is 42.8 Å². The van der Waals surface area contributed by atoms with Gasteiger partial charge in [-0.1, -0.05) is 0 Å². The van der Waals surface area contributed by atoms with Crippen molar-refractivity contribution in [1.29, 1.82) is 0 Å². The number of methoxy groups -OCH3 is 2. The Bertz CT molecular complexity index is 910. The minimum Gasteiger partial charge on any atom is -0.497 e. The predicted molar refractivity (Wildman–Crippen MR) is 98.4 cm³/mol. The van der Waals surface area contributed by atoms with Crippen molar-refractivity contribution in [3.8, 4) is 11.5 Å². The fourth-order valence-electron chi connectivity index (χ4n) is 2.83. The zero-order valence-electron chi connectivity index (χ0n) is 14.6. The van der Waals surface area contributed by atoms with Crippen LogP contribution in [0.4, 0.5) is 11.4 Å². The molecule has 1 amide bonds. The van der Waals surface area contributed by atoms with Crippen LogP contribution in [0.1, 0.15) is 12.8 Å². The van der Waals surface area contributed by atoms with Crippen LogP contribution in [0.3, 0.4) is 0 Å². The normalized spacial score (nSPS) is 14.4. The van der Waals surface area contributed by atoms with Crippen LogP contribution in [-0.4, -0.2) is 35.1 Å².